The summed E-state index contributed by atoms with van der Waals surface area (Å²) in [6.45, 7) is 0. The highest BCUT2D eigenvalue weighted by molar-refractivity contribution is 5.94. The molecule has 0 unspecified atom stereocenters. The van der Waals surface area contributed by atoms with Crippen molar-refractivity contribution in [2.45, 2.75) is 18.9 Å². The molecule has 15 heavy (non-hydrogen) atoms. The van der Waals surface area contributed by atoms with Gasteiger partial charge < -0.3 is 9.64 Å². The van der Waals surface area contributed by atoms with E-state index in [0.29, 0.717) is 11.7 Å². The van der Waals surface area contributed by atoms with Crippen LogP contribution in [-0.4, -0.2) is 31.0 Å². The maximum absolute atomic E-state index is 11.7. The zero-order valence-electron chi connectivity index (χ0n) is 9.06. The van der Waals surface area contributed by atoms with Crippen LogP contribution >= 0.6 is 0 Å². The predicted molar refractivity (Wildman–Crippen MR) is 58.1 cm³/mol. The van der Waals surface area contributed by atoms with E-state index in [2.05, 4.69) is 0 Å². The van der Waals surface area contributed by atoms with Gasteiger partial charge in [-0.1, -0.05) is 6.07 Å². The van der Waals surface area contributed by atoms with Crippen LogP contribution in [0.2, 0.25) is 0 Å². The molecule has 1 aliphatic rings. The number of hydrogen-bond donors (Lipinski definition) is 0. The van der Waals surface area contributed by atoms with Crippen LogP contribution < -0.4 is 4.74 Å². The number of nitrogens with zero attached hydrogens (tertiary/aromatic N) is 1. The molecule has 80 valence electrons. The standard InChI is InChI=1S/C12H15NO2/c1-13(2)12(14)9-4-3-5-11(8-9)15-10-6-7-10/h3-5,8,10H,6-7H2,1-2H3. The molecule has 1 aromatic carbocycles. The smallest absolute Gasteiger partial charge is 0.253 e. The third-order valence-corrected chi connectivity index (χ3v) is 2.31. The Labute approximate surface area is 89.7 Å². The highest BCUT2D eigenvalue weighted by atomic mass is 16.5. The average Bonchev–Trinajstić information content (AvgIpc) is 3.01. The lowest BCUT2D eigenvalue weighted by molar-refractivity contribution is 0.0827. The first-order valence-corrected chi connectivity index (χ1v) is 5.15. The molecule has 1 aliphatic carbocycles. The molecule has 0 aliphatic heterocycles. The second-order valence-corrected chi connectivity index (χ2v) is 4.04. The van der Waals surface area contributed by atoms with Crippen LogP contribution in [-0.2, 0) is 0 Å². The highest BCUT2D eigenvalue weighted by Gasteiger charge is 2.23. The van der Waals surface area contributed by atoms with E-state index in [1.54, 1.807) is 25.1 Å². The fraction of sp³-hybridized carbons (Fsp3) is 0.417. The number of rotatable bonds is 3. The molecule has 3 nitrogen and oxygen atoms in total. The topological polar surface area (TPSA) is 29.5 Å². The van der Waals surface area contributed by atoms with Crippen LogP contribution in [0.1, 0.15) is 23.2 Å². The Morgan fingerprint density at radius 1 is 1.40 bits per heavy atom. The van der Waals surface area contributed by atoms with Gasteiger partial charge in [-0.2, -0.15) is 0 Å². The van der Waals surface area contributed by atoms with Gasteiger partial charge in [0.15, 0.2) is 0 Å². The zero-order valence-corrected chi connectivity index (χ0v) is 9.06. The number of amides is 1. The molecule has 1 amide bonds. The molecular weight excluding hydrogens is 190 g/mol. The number of carbonyl (C=O) groups is 1. The lowest BCUT2D eigenvalue weighted by Crippen LogP contribution is -2.21. The van der Waals surface area contributed by atoms with E-state index in [1.165, 1.54) is 0 Å². The molecule has 1 aromatic rings. The van der Waals surface area contributed by atoms with E-state index in [0.717, 1.165) is 18.6 Å². The average molecular weight is 205 g/mol. The molecular formula is C12H15NO2. The summed E-state index contributed by atoms with van der Waals surface area (Å²) in [5.74, 6) is 0.807. The maximum atomic E-state index is 11.7. The zero-order chi connectivity index (χ0) is 10.8. The first-order valence-electron chi connectivity index (χ1n) is 5.15. The quantitative estimate of drug-likeness (QED) is 0.754. The van der Waals surface area contributed by atoms with Crippen LogP contribution in [0.25, 0.3) is 0 Å². The summed E-state index contributed by atoms with van der Waals surface area (Å²) >= 11 is 0. The SMILES string of the molecule is CN(C)C(=O)c1cccc(OC2CC2)c1. The second-order valence-electron chi connectivity index (χ2n) is 4.04. The fourth-order valence-corrected chi connectivity index (χ4v) is 1.34. The molecule has 0 spiro atoms. The Bertz CT molecular complexity index is 370. The van der Waals surface area contributed by atoms with Gasteiger partial charge in [-0.05, 0) is 31.0 Å². The number of carbonyl (C=O) groups excluding carboxylic acids is 1. The molecule has 3 heteroatoms. The molecule has 0 bridgehead atoms. The Morgan fingerprint density at radius 2 is 2.13 bits per heavy atom. The van der Waals surface area contributed by atoms with Crippen molar-refractivity contribution in [1.29, 1.82) is 0 Å². The number of benzene rings is 1. The largest absolute Gasteiger partial charge is 0.490 e. The Balaban J connectivity index is 2.13. The van der Waals surface area contributed by atoms with Gasteiger partial charge in [-0.25, -0.2) is 0 Å². The van der Waals surface area contributed by atoms with Crippen LogP contribution in [0.4, 0.5) is 0 Å². The predicted octanol–water partition coefficient (Wildman–Crippen LogP) is 1.93. The molecule has 0 N–H and O–H groups in total. The van der Waals surface area contributed by atoms with Crippen molar-refractivity contribution >= 4 is 5.91 Å². The van der Waals surface area contributed by atoms with E-state index < -0.39 is 0 Å². The Morgan fingerprint density at radius 3 is 2.73 bits per heavy atom. The molecule has 0 aromatic heterocycles. The normalized spacial score (nSPS) is 14.8. The van der Waals surface area contributed by atoms with E-state index >= 15 is 0 Å². The van der Waals surface area contributed by atoms with Crippen LogP contribution in [0, 0.1) is 0 Å². The summed E-state index contributed by atoms with van der Waals surface area (Å²) in [4.78, 5) is 13.2. The maximum Gasteiger partial charge on any atom is 0.253 e. The van der Waals surface area contributed by atoms with Crippen molar-refractivity contribution in [1.82, 2.24) is 4.90 Å². The van der Waals surface area contributed by atoms with Gasteiger partial charge in [0.05, 0.1) is 6.10 Å². The van der Waals surface area contributed by atoms with Gasteiger partial charge in [0, 0.05) is 19.7 Å². The summed E-state index contributed by atoms with van der Waals surface area (Å²) in [6.07, 6.45) is 2.63. The van der Waals surface area contributed by atoms with E-state index in [9.17, 15) is 4.79 Å². The second kappa shape index (κ2) is 3.93. The third-order valence-electron chi connectivity index (χ3n) is 2.31. The molecule has 0 heterocycles. The molecule has 0 saturated heterocycles. The Kier molecular flexibility index (Phi) is 2.62. The summed E-state index contributed by atoms with van der Waals surface area (Å²) in [7, 11) is 3.49. The fourth-order valence-electron chi connectivity index (χ4n) is 1.34. The number of hydrogen-bond acceptors (Lipinski definition) is 2. The van der Waals surface area contributed by atoms with E-state index in [1.807, 2.05) is 18.2 Å². The van der Waals surface area contributed by atoms with E-state index in [-0.39, 0.29) is 5.91 Å². The summed E-state index contributed by atoms with van der Waals surface area (Å²) in [5.41, 5.74) is 0.679. The van der Waals surface area contributed by atoms with Crippen LogP contribution in [0.3, 0.4) is 0 Å². The molecule has 0 atom stereocenters. The first-order chi connectivity index (χ1) is 7.16. The summed E-state index contributed by atoms with van der Waals surface area (Å²) < 4.78 is 5.63. The van der Waals surface area contributed by atoms with Gasteiger partial charge in [-0.15, -0.1) is 0 Å². The summed E-state index contributed by atoms with van der Waals surface area (Å²) in [6, 6.07) is 7.36. The van der Waals surface area contributed by atoms with Crippen molar-refractivity contribution in [3.63, 3.8) is 0 Å². The van der Waals surface area contributed by atoms with Crippen molar-refractivity contribution in [2.75, 3.05) is 14.1 Å². The minimum absolute atomic E-state index is 0.0104. The van der Waals surface area contributed by atoms with Crippen LogP contribution in [0.5, 0.6) is 5.75 Å². The highest BCUT2D eigenvalue weighted by Crippen LogP contribution is 2.27. The Hall–Kier alpha value is -1.51. The van der Waals surface area contributed by atoms with Gasteiger partial charge >= 0.3 is 0 Å². The minimum Gasteiger partial charge on any atom is -0.490 e. The van der Waals surface area contributed by atoms with Crippen molar-refractivity contribution in [3.05, 3.63) is 29.8 Å². The van der Waals surface area contributed by atoms with Gasteiger partial charge in [-0.3, -0.25) is 4.79 Å². The molecule has 1 saturated carbocycles. The minimum atomic E-state index is 0.0104. The van der Waals surface area contributed by atoms with Crippen molar-refractivity contribution in [3.8, 4) is 5.75 Å². The lowest BCUT2D eigenvalue weighted by atomic mass is 10.2. The van der Waals surface area contributed by atoms with Crippen LogP contribution in [0.15, 0.2) is 24.3 Å². The van der Waals surface area contributed by atoms with Gasteiger partial charge in [0.25, 0.3) is 5.91 Å². The third kappa shape index (κ3) is 2.49. The van der Waals surface area contributed by atoms with Crippen molar-refractivity contribution in [2.24, 2.45) is 0 Å². The van der Waals surface area contributed by atoms with Gasteiger partial charge in [0.2, 0.25) is 0 Å². The number of ether oxygens (including phenoxy) is 1. The van der Waals surface area contributed by atoms with E-state index in [4.69, 9.17) is 4.74 Å². The van der Waals surface area contributed by atoms with Crippen molar-refractivity contribution < 1.29 is 9.53 Å². The lowest BCUT2D eigenvalue weighted by Gasteiger charge is -2.11. The molecule has 0 radical (unpaired) electrons. The first kappa shape index (κ1) is 10.0. The molecule has 2 rings (SSSR count). The molecule has 1 fully saturated rings. The van der Waals surface area contributed by atoms with Gasteiger partial charge in [0.1, 0.15) is 5.75 Å². The summed E-state index contributed by atoms with van der Waals surface area (Å²) in [5, 5.41) is 0. The monoisotopic (exact) mass is 205 g/mol.